The van der Waals surface area contributed by atoms with Crippen LogP contribution >= 0.6 is 15.9 Å². The molecule has 0 atom stereocenters. The topological polar surface area (TPSA) is 29.5 Å². The first-order valence-electron chi connectivity index (χ1n) is 5.31. The Balaban J connectivity index is 2.45. The summed E-state index contributed by atoms with van der Waals surface area (Å²) in [7, 11) is 0. The number of rotatable bonds is 2. The van der Waals surface area contributed by atoms with Crippen LogP contribution in [-0.4, -0.2) is 30.7 Å². The van der Waals surface area contributed by atoms with Crippen molar-refractivity contribution in [3.63, 3.8) is 0 Å². The fraction of sp³-hybridized carbons (Fsp3) is 0.727. The van der Waals surface area contributed by atoms with Crippen molar-refractivity contribution in [1.29, 1.82) is 0 Å². The van der Waals surface area contributed by atoms with Crippen LogP contribution < -0.4 is 0 Å². The molecule has 0 unspecified atom stereocenters. The first-order valence-corrected chi connectivity index (χ1v) is 6.22. The van der Waals surface area contributed by atoms with Crippen LogP contribution in [0.15, 0.2) is 11.1 Å². The molecule has 1 aliphatic rings. The highest BCUT2D eigenvalue weighted by atomic mass is 79.9. The Kier molecular flexibility index (Phi) is 4.64. The van der Waals surface area contributed by atoms with Crippen LogP contribution in [-0.2, 0) is 4.74 Å². The van der Waals surface area contributed by atoms with Crippen molar-refractivity contribution >= 4 is 22.0 Å². The third-order valence-corrected chi connectivity index (χ3v) is 3.16. The maximum absolute atomic E-state index is 11.4. The average molecular weight is 276 g/mol. The lowest BCUT2D eigenvalue weighted by Crippen LogP contribution is -2.41. The molecule has 3 nitrogen and oxygen atoms in total. The molecule has 1 heterocycles. The van der Waals surface area contributed by atoms with E-state index in [-0.39, 0.29) is 11.5 Å². The summed E-state index contributed by atoms with van der Waals surface area (Å²) in [4.78, 5) is 15.1. The molecule has 1 aliphatic heterocycles. The van der Waals surface area contributed by atoms with Crippen LogP contribution in [0.25, 0.3) is 0 Å². The first-order chi connectivity index (χ1) is 7.11. The Hall–Kier alpha value is -0.510. The Bertz CT molecular complexity index is 245. The molecule has 1 amide bonds. The molecule has 0 bridgehead atoms. The number of likely N-dealkylation sites (tertiary alicyclic amines) is 1. The highest BCUT2D eigenvalue weighted by Gasteiger charge is 2.30. The SMILES string of the molecule is CCOC(=O)N1CCC(C)(/C=C/Br)CC1. The van der Waals surface area contributed by atoms with E-state index in [2.05, 4.69) is 28.9 Å². The number of piperidine rings is 1. The van der Waals surface area contributed by atoms with E-state index >= 15 is 0 Å². The van der Waals surface area contributed by atoms with Gasteiger partial charge < -0.3 is 9.64 Å². The molecule has 0 radical (unpaired) electrons. The fourth-order valence-electron chi connectivity index (χ4n) is 1.73. The average Bonchev–Trinajstić information content (AvgIpc) is 2.19. The Morgan fingerprint density at radius 1 is 1.53 bits per heavy atom. The van der Waals surface area contributed by atoms with Crippen LogP contribution in [0.5, 0.6) is 0 Å². The molecule has 0 aromatic heterocycles. The molecule has 0 N–H and O–H groups in total. The lowest BCUT2D eigenvalue weighted by atomic mass is 9.81. The fourth-order valence-corrected chi connectivity index (χ4v) is 2.37. The molecule has 0 saturated carbocycles. The molecule has 1 fully saturated rings. The van der Waals surface area contributed by atoms with E-state index in [1.807, 2.05) is 11.9 Å². The van der Waals surface area contributed by atoms with Crippen LogP contribution in [0.2, 0.25) is 0 Å². The minimum atomic E-state index is -0.178. The summed E-state index contributed by atoms with van der Waals surface area (Å²) >= 11 is 3.30. The molecule has 0 aromatic rings. The normalized spacial score (nSPS) is 20.6. The summed E-state index contributed by atoms with van der Waals surface area (Å²) in [6, 6.07) is 0. The smallest absolute Gasteiger partial charge is 0.409 e. The maximum Gasteiger partial charge on any atom is 0.409 e. The number of nitrogens with zero attached hydrogens (tertiary/aromatic N) is 1. The van der Waals surface area contributed by atoms with Crippen molar-refractivity contribution in [2.45, 2.75) is 26.7 Å². The van der Waals surface area contributed by atoms with Gasteiger partial charge in [-0.25, -0.2) is 4.79 Å². The van der Waals surface area contributed by atoms with E-state index in [0.29, 0.717) is 6.61 Å². The zero-order valence-electron chi connectivity index (χ0n) is 9.33. The predicted octanol–water partition coefficient (Wildman–Crippen LogP) is 3.15. The molecule has 86 valence electrons. The summed E-state index contributed by atoms with van der Waals surface area (Å²) in [5, 5.41) is 0. The summed E-state index contributed by atoms with van der Waals surface area (Å²) in [6.45, 7) is 6.07. The molecule has 0 aliphatic carbocycles. The van der Waals surface area contributed by atoms with Gasteiger partial charge in [-0.1, -0.05) is 28.9 Å². The minimum Gasteiger partial charge on any atom is -0.450 e. The molecule has 0 spiro atoms. The second-order valence-corrected chi connectivity index (χ2v) is 4.66. The van der Waals surface area contributed by atoms with Crippen molar-refractivity contribution in [2.24, 2.45) is 5.41 Å². The molecule has 1 saturated heterocycles. The summed E-state index contributed by atoms with van der Waals surface area (Å²) in [6.07, 6.45) is 3.97. The van der Waals surface area contributed by atoms with Gasteiger partial charge in [0.1, 0.15) is 0 Å². The van der Waals surface area contributed by atoms with Gasteiger partial charge in [0.25, 0.3) is 0 Å². The van der Waals surface area contributed by atoms with Crippen LogP contribution in [0, 0.1) is 5.41 Å². The molecule has 1 rings (SSSR count). The molecular weight excluding hydrogens is 258 g/mol. The largest absolute Gasteiger partial charge is 0.450 e. The van der Waals surface area contributed by atoms with E-state index in [9.17, 15) is 4.79 Å². The van der Waals surface area contributed by atoms with Gasteiger partial charge in [-0.05, 0) is 30.2 Å². The van der Waals surface area contributed by atoms with Crippen molar-refractivity contribution in [3.05, 3.63) is 11.1 Å². The van der Waals surface area contributed by atoms with Gasteiger partial charge >= 0.3 is 6.09 Å². The van der Waals surface area contributed by atoms with E-state index in [0.717, 1.165) is 25.9 Å². The second-order valence-electron chi connectivity index (χ2n) is 4.13. The van der Waals surface area contributed by atoms with Crippen LogP contribution in [0.3, 0.4) is 0 Å². The standard InChI is InChI=1S/C11H18BrNO2/c1-3-15-10(14)13-8-5-11(2,4-7-12)6-9-13/h4,7H,3,5-6,8-9H2,1-2H3/b7-4+. The highest BCUT2D eigenvalue weighted by Crippen LogP contribution is 2.32. The third-order valence-electron chi connectivity index (χ3n) is 2.90. The number of carbonyl (C=O) groups excluding carboxylic acids is 1. The van der Waals surface area contributed by atoms with E-state index in [1.165, 1.54) is 0 Å². The van der Waals surface area contributed by atoms with Gasteiger partial charge in [0.05, 0.1) is 6.61 Å². The number of allylic oxidation sites excluding steroid dienone is 1. The van der Waals surface area contributed by atoms with Crippen molar-refractivity contribution in [1.82, 2.24) is 4.90 Å². The van der Waals surface area contributed by atoms with Crippen molar-refractivity contribution in [3.8, 4) is 0 Å². The molecule has 0 aromatic carbocycles. The van der Waals surface area contributed by atoms with Gasteiger partial charge in [-0.3, -0.25) is 0 Å². The zero-order chi connectivity index (χ0) is 11.3. The van der Waals surface area contributed by atoms with Gasteiger partial charge in [0.15, 0.2) is 0 Å². The predicted molar refractivity (Wildman–Crippen MR) is 64.0 cm³/mol. The highest BCUT2D eigenvalue weighted by molar-refractivity contribution is 9.11. The van der Waals surface area contributed by atoms with Crippen LogP contribution in [0.1, 0.15) is 26.7 Å². The lowest BCUT2D eigenvalue weighted by Gasteiger charge is -2.36. The van der Waals surface area contributed by atoms with E-state index < -0.39 is 0 Å². The number of hydrogen-bond donors (Lipinski definition) is 0. The summed E-state index contributed by atoms with van der Waals surface area (Å²) in [5.74, 6) is 0. The number of halogens is 1. The maximum atomic E-state index is 11.4. The second kappa shape index (κ2) is 5.54. The van der Waals surface area contributed by atoms with E-state index in [4.69, 9.17) is 4.74 Å². The molecule has 4 heteroatoms. The summed E-state index contributed by atoms with van der Waals surface area (Å²) < 4.78 is 4.97. The number of hydrogen-bond acceptors (Lipinski definition) is 2. The quantitative estimate of drug-likeness (QED) is 0.775. The van der Waals surface area contributed by atoms with Crippen molar-refractivity contribution in [2.75, 3.05) is 19.7 Å². The molecular formula is C11H18BrNO2. The third kappa shape index (κ3) is 3.52. The van der Waals surface area contributed by atoms with Gasteiger partial charge in [-0.15, -0.1) is 0 Å². The number of ether oxygens (including phenoxy) is 1. The van der Waals surface area contributed by atoms with E-state index in [1.54, 1.807) is 4.90 Å². The van der Waals surface area contributed by atoms with Gasteiger partial charge in [0, 0.05) is 13.1 Å². The number of amides is 1. The Morgan fingerprint density at radius 2 is 2.13 bits per heavy atom. The van der Waals surface area contributed by atoms with Gasteiger partial charge in [-0.2, -0.15) is 0 Å². The zero-order valence-corrected chi connectivity index (χ0v) is 10.9. The Labute approximate surface area is 99.6 Å². The summed E-state index contributed by atoms with van der Waals surface area (Å²) in [5.41, 5.74) is 0.215. The lowest BCUT2D eigenvalue weighted by molar-refractivity contribution is 0.0842. The number of carbonyl (C=O) groups is 1. The monoisotopic (exact) mass is 275 g/mol. The first kappa shape index (κ1) is 12.6. The van der Waals surface area contributed by atoms with Gasteiger partial charge in [0.2, 0.25) is 0 Å². The van der Waals surface area contributed by atoms with Crippen LogP contribution in [0.4, 0.5) is 4.79 Å². The molecule has 15 heavy (non-hydrogen) atoms. The van der Waals surface area contributed by atoms with Crippen molar-refractivity contribution < 1.29 is 9.53 Å². The minimum absolute atomic E-state index is 0.178. The Morgan fingerprint density at radius 3 is 2.60 bits per heavy atom.